The lowest BCUT2D eigenvalue weighted by atomic mass is 9.57. The zero-order valence-corrected chi connectivity index (χ0v) is 15.7. The average Bonchev–Trinajstić information content (AvgIpc) is 2.46. The fraction of sp³-hybridized carbons (Fsp3) is 0.950. The number of carboxylic acids is 1. The van der Waals surface area contributed by atoms with Crippen LogP contribution in [-0.2, 0) is 4.79 Å². The topological polar surface area (TPSA) is 77.8 Å². The highest BCUT2D eigenvalue weighted by molar-refractivity contribution is 5.71. The van der Waals surface area contributed by atoms with Crippen LogP contribution >= 0.6 is 0 Å². The van der Waals surface area contributed by atoms with E-state index in [1.807, 2.05) is 6.92 Å². The van der Waals surface area contributed by atoms with Gasteiger partial charge in [-0.3, -0.25) is 4.79 Å². The van der Waals surface area contributed by atoms with Crippen LogP contribution in [0.15, 0.2) is 0 Å². The molecule has 2 fully saturated rings. The van der Waals surface area contributed by atoms with Crippen molar-refractivity contribution in [2.75, 3.05) is 0 Å². The lowest BCUT2D eigenvalue weighted by Crippen LogP contribution is -2.54. The van der Waals surface area contributed by atoms with Gasteiger partial charge < -0.3 is 15.3 Å². The van der Waals surface area contributed by atoms with Crippen molar-refractivity contribution in [1.29, 1.82) is 0 Å². The summed E-state index contributed by atoms with van der Waals surface area (Å²) in [5.41, 5.74) is 0. The molecule has 2 aliphatic rings. The van der Waals surface area contributed by atoms with Gasteiger partial charge in [0.2, 0.25) is 0 Å². The molecule has 4 heteroatoms. The Labute approximate surface area is 146 Å². The van der Waals surface area contributed by atoms with Crippen LogP contribution in [0.1, 0.15) is 66.2 Å². The van der Waals surface area contributed by atoms with E-state index in [1.54, 1.807) is 0 Å². The summed E-state index contributed by atoms with van der Waals surface area (Å²) >= 11 is 0. The van der Waals surface area contributed by atoms with Crippen molar-refractivity contribution in [3.63, 3.8) is 0 Å². The molecular weight excluding hydrogens is 304 g/mol. The van der Waals surface area contributed by atoms with Crippen LogP contribution in [0.5, 0.6) is 0 Å². The Bertz CT molecular complexity index is 422. The van der Waals surface area contributed by atoms with Crippen molar-refractivity contribution in [3.8, 4) is 0 Å². The summed E-state index contributed by atoms with van der Waals surface area (Å²) in [5.74, 6) is -0.275. The molecule has 0 radical (unpaired) electrons. The van der Waals surface area contributed by atoms with E-state index in [2.05, 4.69) is 20.8 Å². The quantitative estimate of drug-likeness (QED) is 0.715. The third kappa shape index (κ3) is 3.96. The molecule has 0 aromatic rings. The minimum atomic E-state index is -0.931. The molecule has 0 aromatic heterocycles. The summed E-state index contributed by atoms with van der Waals surface area (Å²) in [6, 6.07) is 0. The molecule has 8 atom stereocenters. The zero-order chi connectivity index (χ0) is 18.0. The second-order valence-electron chi connectivity index (χ2n) is 8.77. The van der Waals surface area contributed by atoms with Crippen LogP contribution in [0.3, 0.4) is 0 Å². The predicted molar refractivity (Wildman–Crippen MR) is 94.5 cm³/mol. The highest BCUT2D eigenvalue weighted by atomic mass is 16.4. The van der Waals surface area contributed by atoms with Gasteiger partial charge in [0.1, 0.15) is 0 Å². The van der Waals surface area contributed by atoms with Gasteiger partial charge >= 0.3 is 5.97 Å². The molecule has 0 aliphatic heterocycles. The summed E-state index contributed by atoms with van der Waals surface area (Å²) in [6.45, 7) is 8.69. The van der Waals surface area contributed by atoms with Gasteiger partial charge in [0.25, 0.3) is 0 Å². The maximum Gasteiger partial charge on any atom is 0.309 e. The van der Waals surface area contributed by atoms with Gasteiger partial charge in [0.05, 0.1) is 18.1 Å². The van der Waals surface area contributed by atoms with Gasteiger partial charge in [-0.1, -0.05) is 40.5 Å². The number of carboxylic acid groups (broad SMARTS) is 1. The number of aliphatic hydroxyl groups is 2. The molecule has 2 saturated carbocycles. The van der Waals surface area contributed by atoms with Crippen molar-refractivity contribution in [1.82, 2.24) is 0 Å². The summed E-state index contributed by atoms with van der Waals surface area (Å²) in [7, 11) is 0. The fourth-order valence-electron chi connectivity index (χ4n) is 5.63. The van der Waals surface area contributed by atoms with Crippen molar-refractivity contribution in [2.45, 2.75) is 78.4 Å². The SMILES string of the molecule is CCCC1CC(O)C(C2CC(C)CC[C@H]2C(C)C)C(O)C1C(=O)O. The second-order valence-corrected chi connectivity index (χ2v) is 8.77. The van der Waals surface area contributed by atoms with E-state index >= 15 is 0 Å². The lowest BCUT2D eigenvalue weighted by molar-refractivity contribution is -0.168. The molecular formula is C20H36O4. The molecule has 0 spiro atoms. The first-order valence-corrected chi connectivity index (χ1v) is 9.86. The van der Waals surface area contributed by atoms with Gasteiger partial charge in [0, 0.05) is 5.92 Å². The minimum Gasteiger partial charge on any atom is -0.481 e. The van der Waals surface area contributed by atoms with Crippen molar-refractivity contribution in [3.05, 3.63) is 0 Å². The smallest absolute Gasteiger partial charge is 0.309 e. The third-order valence-corrected chi connectivity index (χ3v) is 6.77. The first kappa shape index (κ1) is 19.7. The number of aliphatic hydroxyl groups excluding tert-OH is 2. The van der Waals surface area contributed by atoms with Crippen molar-refractivity contribution < 1.29 is 20.1 Å². The Morgan fingerprint density at radius 2 is 1.83 bits per heavy atom. The van der Waals surface area contributed by atoms with Gasteiger partial charge in [0.15, 0.2) is 0 Å². The zero-order valence-electron chi connectivity index (χ0n) is 15.7. The molecule has 140 valence electrons. The molecule has 24 heavy (non-hydrogen) atoms. The predicted octanol–water partition coefficient (Wildman–Crippen LogP) is 3.55. The van der Waals surface area contributed by atoms with E-state index < -0.39 is 24.1 Å². The maximum absolute atomic E-state index is 11.8. The van der Waals surface area contributed by atoms with Gasteiger partial charge in [-0.05, 0) is 55.3 Å². The maximum atomic E-state index is 11.8. The number of hydrogen-bond donors (Lipinski definition) is 3. The normalized spacial score (nSPS) is 43.8. The fourth-order valence-corrected chi connectivity index (χ4v) is 5.63. The molecule has 3 N–H and O–H groups in total. The first-order chi connectivity index (χ1) is 11.3. The largest absolute Gasteiger partial charge is 0.481 e. The Kier molecular flexibility index (Phi) is 6.72. The Balaban J connectivity index is 2.28. The van der Waals surface area contributed by atoms with E-state index in [9.17, 15) is 20.1 Å². The monoisotopic (exact) mass is 340 g/mol. The van der Waals surface area contributed by atoms with Crippen LogP contribution in [0.25, 0.3) is 0 Å². The Morgan fingerprint density at radius 1 is 1.17 bits per heavy atom. The average molecular weight is 341 g/mol. The second kappa shape index (κ2) is 8.18. The minimum absolute atomic E-state index is 0.118. The lowest BCUT2D eigenvalue weighted by Gasteiger charge is -2.49. The molecule has 7 unspecified atom stereocenters. The summed E-state index contributed by atoms with van der Waals surface area (Å²) in [4.78, 5) is 11.8. The molecule has 2 rings (SSSR count). The molecule has 0 saturated heterocycles. The van der Waals surface area contributed by atoms with E-state index in [1.165, 1.54) is 6.42 Å². The first-order valence-electron chi connectivity index (χ1n) is 9.86. The van der Waals surface area contributed by atoms with E-state index in [4.69, 9.17) is 0 Å². The third-order valence-electron chi connectivity index (χ3n) is 6.77. The molecule has 0 amide bonds. The number of carbonyl (C=O) groups is 1. The summed E-state index contributed by atoms with van der Waals surface area (Å²) in [5, 5.41) is 31.5. The van der Waals surface area contributed by atoms with Crippen LogP contribution in [-0.4, -0.2) is 33.5 Å². The Morgan fingerprint density at radius 3 is 2.38 bits per heavy atom. The standard InChI is InChI=1S/C20H36O4/c1-5-6-13-10-16(21)18(19(22)17(13)20(23)24)15-9-12(4)7-8-14(15)11(2)3/h11-19,21-22H,5-10H2,1-4H3,(H,23,24)/t12?,13?,14-,15?,16?,17?,18?,19?/m0/s1. The van der Waals surface area contributed by atoms with Gasteiger partial charge in [-0.25, -0.2) is 0 Å². The molecule has 4 nitrogen and oxygen atoms in total. The number of hydrogen-bond acceptors (Lipinski definition) is 3. The molecule has 0 heterocycles. The van der Waals surface area contributed by atoms with Gasteiger partial charge in [-0.2, -0.15) is 0 Å². The highest BCUT2D eigenvalue weighted by Gasteiger charge is 2.51. The molecule has 0 bridgehead atoms. The van der Waals surface area contributed by atoms with E-state index in [0.717, 1.165) is 25.7 Å². The van der Waals surface area contributed by atoms with Crippen molar-refractivity contribution in [2.24, 2.45) is 41.4 Å². The van der Waals surface area contributed by atoms with Crippen LogP contribution in [0.4, 0.5) is 0 Å². The molecule has 2 aliphatic carbocycles. The Hall–Kier alpha value is -0.610. The molecule has 0 aromatic carbocycles. The summed E-state index contributed by atoms with van der Waals surface area (Å²) in [6.07, 6.45) is 3.95. The number of aliphatic carboxylic acids is 1. The van der Waals surface area contributed by atoms with Crippen LogP contribution < -0.4 is 0 Å². The van der Waals surface area contributed by atoms with Gasteiger partial charge in [-0.15, -0.1) is 0 Å². The van der Waals surface area contributed by atoms with Crippen LogP contribution in [0.2, 0.25) is 0 Å². The highest BCUT2D eigenvalue weighted by Crippen LogP contribution is 2.49. The van der Waals surface area contributed by atoms with Crippen molar-refractivity contribution >= 4 is 5.97 Å². The number of rotatable bonds is 5. The van der Waals surface area contributed by atoms with E-state index in [-0.39, 0.29) is 17.8 Å². The van der Waals surface area contributed by atoms with E-state index in [0.29, 0.717) is 24.2 Å². The summed E-state index contributed by atoms with van der Waals surface area (Å²) < 4.78 is 0. The van der Waals surface area contributed by atoms with Crippen LogP contribution in [0, 0.1) is 41.4 Å².